The second-order valence-electron chi connectivity index (χ2n) is 3.98. The zero-order valence-corrected chi connectivity index (χ0v) is 12.0. The van der Waals surface area contributed by atoms with E-state index in [4.69, 9.17) is 4.42 Å². The molecule has 0 bridgehead atoms. The minimum Gasteiger partial charge on any atom is -0.466 e. The first kappa shape index (κ1) is 18.0. The molecule has 0 fully saturated rings. The van der Waals surface area contributed by atoms with E-state index >= 15 is 0 Å². The Hall–Kier alpha value is -1.01. The third-order valence-corrected chi connectivity index (χ3v) is 2.36. The van der Waals surface area contributed by atoms with Gasteiger partial charge in [0, 0.05) is 5.69 Å². The molecule has 0 aliphatic carbocycles. The summed E-state index contributed by atoms with van der Waals surface area (Å²) in [5.41, 5.74) is 1.49. The van der Waals surface area contributed by atoms with E-state index in [1.54, 1.807) is 18.2 Å². The number of furan rings is 1. The van der Waals surface area contributed by atoms with Gasteiger partial charge in [0.05, 0.1) is 12.0 Å². The van der Waals surface area contributed by atoms with Crippen LogP contribution in [0.4, 0.5) is 0 Å². The summed E-state index contributed by atoms with van der Waals surface area (Å²) in [6, 6.07) is 9.01. The Morgan fingerprint density at radius 1 is 1.32 bits per heavy atom. The number of aryl methyl sites for hydroxylation is 1. The van der Waals surface area contributed by atoms with Gasteiger partial charge in [0.15, 0.2) is 6.10 Å². The molecule has 0 spiro atoms. The number of rotatable bonds is 3. The van der Waals surface area contributed by atoms with Crippen molar-refractivity contribution in [2.75, 3.05) is 0 Å². The predicted molar refractivity (Wildman–Crippen MR) is 72.0 cm³/mol. The minimum absolute atomic E-state index is 0. The fourth-order valence-corrected chi connectivity index (χ4v) is 1.31. The van der Waals surface area contributed by atoms with E-state index in [-0.39, 0.29) is 18.9 Å². The van der Waals surface area contributed by atoms with Gasteiger partial charge in [-0.15, -0.1) is 0 Å². The van der Waals surface area contributed by atoms with Crippen LogP contribution in [0, 0.1) is 13.8 Å². The van der Waals surface area contributed by atoms with Crippen LogP contribution in [0.25, 0.3) is 0 Å². The molecular formula is C15H20LiNO2. The summed E-state index contributed by atoms with van der Waals surface area (Å²) < 4.78 is 5.10. The van der Waals surface area contributed by atoms with Crippen molar-refractivity contribution in [3.63, 3.8) is 0 Å². The van der Waals surface area contributed by atoms with Crippen molar-refractivity contribution >= 4 is 0 Å². The van der Waals surface area contributed by atoms with Crippen LogP contribution < -0.4 is 18.9 Å². The molecule has 0 saturated heterocycles. The van der Waals surface area contributed by atoms with Crippen LogP contribution >= 0.6 is 0 Å². The fourth-order valence-electron chi connectivity index (χ4n) is 1.31. The van der Waals surface area contributed by atoms with Gasteiger partial charge in [0.2, 0.25) is 0 Å². The van der Waals surface area contributed by atoms with Crippen molar-refractivity contribution in [2.24, 2.45) is 0 Å². The summed E-state index contributed by atoms with van der Waals surface area (Å²) >= 11 is 0. The molecule has 1 N–H and O–H groups in total. The first-order valence-electron chi connectivity index (χ1n) is 6.13. The number of aliphatic hydroxyl groups is 1. The Bertz CT molecular complexity index is 441. The molecule has 0 aliphatic rings. The predicted octanol–water partition coefficient (Wildman–Crippen LogP) is 0.689. The Balaban J connectivity index is 0.000000576. The Kier molecular flexibility index (Phi) is 9.33. The van der Waals surface area contributed by atoms with E-state index in [2.05, 4.69) is 18.8 Å². The first-order chi connectivity index (χ1) is 8.69. The maximum Gasteiger partial charge on any atom is 1.00 e. The monoisotopic (exact) mass is 253 g/mol. The largest absolute Gasteiger partial charge is 1.00 e. The standard InChI is InChI=1S/C11H11NO2.C4H9.Li/c1-8-4-2-5-9(12-8)11(13)10-6-3-7-14-10;1-3-4-2;/h2-7,11,13H,1H3;1,3-4H2,2H3;/q;-1;+1. The summed E-state index contributed by atoms with van der Waals surface area (Å²) in [5.74, 6) is 0.517. The normalized spacial score (nSPS) is 10.9. The number of aliphatic hydroxyl groups excluding tert-OH is 1. The summed E-state index contributed by atoms with van der Waals surface area (Å²) in [7, 11) is 0. The maximum absolute atomic E-state index is 9.85. The number of unbranched alkanes of at least 4 members (excludes halogenated alkanes) is 1. The van der Waals surface area contributed by atoms with Crippen molar-refractivity contribution in [1.29, 1.82) is 0 Å². The van der Waals surface area contributed by atoms with E-state index in [9.17, 15) is 5.11 Å². The average molecular weight is 253 g/mol. The maximum atomic E-state index is 9.85. The molecule has 4 heteroatoms. The summed E-state index contributed by atoms with van der Waals surface area (Å²) in [5, 5.41) is 9.85. The van der Waals surface area contributed by atoms with Crippen molar-refractivity contribution in [3.8, 4) is 0 Å². The van der Waals surface area contributed by atoms with Crippen LogP contribution in [0.1, 0.15) is 43.0 Å². The van der Waals surface area contributed by atoms with Crippen molar-refractivity contribution in [2.45, 2.75) is 32.8 Å². The van der Waals surface area contributed by atoms with Gasteiger partial charge < -0.3 is 16.4 Å². The zero-order valence-electron chi connectivity index (χ0n) is 12.0. The molecule has 1 atom stereocenters. The van der Waals surface area contributed by atoms with Gasteiger partial charge in [-0.05, 0) is 31.2 Å². The molecule has 2 aromatic rings. The Labute approximate surface area is 127 Å². The van der Waals surface area contributed by atoms with Gasteiger partial charge in [-0.2, -0.15) is 6.42 Å². The number of pyridine rings is 1. The molecule has 0 saturated carbocycles. The molecule has 1 unspecified atom stereocenters. The average Bonchev–Trinajstić information content (AvgIpc) is 2.92. The Morgan fingerprint density at radius 2 is 2.00 bits per heavy atom. The topological polar surface area (TPSA) is 46.3 Å². The molecule has 3 nitrogen and oxygen atoms in total. The van der Waals surface area contributed by atoms with Crippen molar-refractivity contribution < 1.29 is 28.4 Å². The van der Waals surface area contributed by atoms with Gasteiger partial charge in [0.25, 0.3) is 0 Å². The van der Waals surface area contributed by atoms with E-state index in [0.717, 1.165) is 12.1 Å². The molecule has 2 aromatic heterocycles. The quantitative estimate of drug-likeness (QED) is 0.646. The van der Waals surface area contributed by atoms with E-state index in [1.165, 1.54) is 12.7 Å². The van der Waals surface area contributed by atoms with Gasteiger partial charge in [-0.1, -0.05) is 19.4 Å². The van der Waals surface area contributed by atoms with Crippen LogP contribution in [0.2, 0.25) is 0 Å². The van der Waals surface area contributed by atoms with Crippen LogP contribution in [0.5, 0.6) is 0 Å². The molecule has 98 valence electrons. The third-order valence-electron chi connectivity index (χ3n) is 2.36. The molecular weight excluding hydrogens is 233 g/mol. The Morgan fingerprint density at radius 3 is 2.47 bits per heavy atom. The number of hydrogen-bond donors (Lipinski definition) is 1. The van der Waals surface area contributed by atoms with E-state index in [0.29, 0.717) is 11.5 Å². The van der Waals surface area contributed by atoms with Gasteiger partial charge in [-0.3, -0.25) is 4.98 Å². The third kappa shape index (κ3) is 6.11. The minimum atomic E-state index is -0.773. The van der Waals surface area contributed by atoms with Crippen LogP contribution in [-0.4, -0.2) is 10.1 Å². The van der Waals surface area contributed by atoms with Gasteiger partial charge in [-0.25, -0.2) is 0 Å². The molecule has 0 amide bonds. The number of hydrogen-bond acceptors (Lipinski definition) is 3. The van der Waals surface area contributed by atoms with Gasteiger partial charge >= 0.3 is 18.9 Å². The molecule has 0 aliphatic heterocycles. The molecule has 0 aromatic carbocycles. The van der Waals surface area contributed by atoms with Crippen molar-refractivity contribution in [3.05, 3.63) is 60.7 Å². The van der Waals surface area contributed by atoms with E-state index in [1.807, 2.05) is 19.1 Å². The zero-order chi connectivity index (χ0) is 13.4. The molecule has 2 rings (SSSR count). The first-order valence-corrected chi connectivity index (χ1v) is 6.13. The molecule has 0 radical (unpaired) electrons. The van der Waals surface area contributed by atoms with Crippen molar-refractivity contribution in [1.82, 2.24) is 4.98 Å². The van der Waals surface area contributed by atoms with E-state index < -0.39 is 6.10 Å². The molecule has 19 heavy (non-hydrogen) atoms. The smallest absolute Gasteiger partial charge is 0.466 e. The van der Waals surface area contributed by atoms with Crippen LogP contribution in [-0.2, 0) is 0 Å². The summed E-state index contributed by atoms with van der Waals surface area (Å²) in [6.07, 6.45) is 3.04. The number of aromatic nitrogens is 1. The van der Waals surface area contributed by atoms with Crippen LogP contribution in [0.3, 0.4) is 0 Å². The van der Waals surface area contributed by atoms with Gasteiger partial charge in [0.1, 0.15) is 5.76 Å². The van der Waals surface area contributed by atoms with Crippen LogP contribution in [0.15, 0.2) is 41.0 Å². The second-order valence-corrected chi connectivity index (χ2v) is 3.98. The summed E-state index contributed by atoms with van der Waals surface area (Å²) in [4.78, 5) is 4.22. The summed E-state index contributed by atoms with van der Waals surface area (Å²) in [6.45, 7) is 7.61. The molecule has 2 heterocycles. The number of nitrogens with zero attached hydrogens (tertiary/aromatic N) is 1. The SMILES string of the molecule is Cc1cccc(C(O)c2ccco2)n1.[CH2-]CCC.[Li+]. The second kappa shape index (κ2) is 9.86. The fraction of sp³-hybridized carbons (Fsp3) is 0.333.